The van der Waals surface area contributed by atoms with Crippen LogP contribution in [0.3, 0.4) is 0 Å². The Hall–Kier alpha value is -0.570. The van der Waals surface area contributed by atoms with Crippen molar-refractivity contribution in [2.45, 2.75) is 19.8 Å². The fourth-order valence-corrected chi connectivity index (χ4v) is 2.73. The number of para-hydroxylation sites is 1. The molecule has 0 atom stereocenters. The molecule has 16 heavy (non-hydrogen) atoms. The summed E-state index contributed by atoms with van der Waals surface area (Å²) in [6.07, 6.45) is 2.51. The average molecular weight is 286 g/mol. The molecule has 0 aliphatic heterocycles. The van der Waals surface area contributed by atoms with Crippen LogP contribution in [0.25, 0.3) is 0 Å². The summed E-state index contributed by atoms with van der Waals surface area (Å²) in [7, 11) is 0. The summed E-state index contributed by atoms with van der Waals surface area (Å²) in [6.45, 7) is 3.89. The average Bonchev–Trinajstić information content (AvgIpc) is 3.08. The molecule has 2 rings (SSSR count). The monoisotopic (exact) mass is 285 g/mol. The lowest BCUT2D eigenvalue weighted by Crippen LogP contribution is -2.31. The Kier molecular flexibility index (Phi) is 3.53. The van der Waals surface area contributed by atoms with Gasteiger partial charge in [0.1, 0.15) is 5.82 Å². The lowest BCUT2D eigenvalue weighted by molar-refractivity contribution is 0.553. The number of hydrogen-bond donors (Lipinski definition) is 0. The number of hydrogen-bond acceptors (Lipinski definition) is 1. The predicted molar refractivity (Wildman–Crippen MR) is 69.7 cm³/mol. The molecule has 1 fully saturated rings. The van der Waals surface area contributed by atoms with Gasteiger partial charge in [0, 0.05) is 18.4 Å². The first-order chi connectivity index (χ1) is 7.71. The van der Waals surface area contributed by atoms with Crippen LogP contribution in [0.4, 0.5) is 10.1 Å². The Morgan fingerprint density at radius 2 is 2.06 bits per heavy atom. The standard InChI is InChI=1S/C13H17BrFN/c1-2-16(10-13(9-14)7-8-13)12-6-4-3-5-11(12)15/h3-6H,2,7-10H2,1H3. The second-order valence-electron chi connectivity index (χ2n) is 4.60. The van der Waals surface area contributed by atoms with E-state index in [0.29, 0.717) is 5.41 Å². The molecule has 0 bridgehead atoms. The van der Waals surface area contributed by atoms with E-state index < -0.39 is 0 Å². The van der Waals surface area contributed by atoms with Crippen LogP contribution in [0.2, 0.25) is 0 Å². The highest BCUT2D eigenvalue weighted by atomic mass is 79.9. The van der Waals surface area contributed by atoms with Gasteiger partial charge in [0.05, 0.1) is 5.69 Å². The quantitative estimate of drug-likeness (QED) is 0.744. The van der Waals surface area contributed by atoms with Crippen LogP contribution >= 0.6 is 15.9 Å². The largest absolute Gasteiger partial charge is 0.369 e. The summed E-state index contributed by atoms with van der Waals surface area (Å²) in [5.41, 5.74) is 1.12. The molecule has 0 spiro atoms. The van der Waals surface area contributed by atoms with Crippen molar-refractivity contribution in [1.29, 1.82) is 0 Å². The first kappa shape index (κ1) is 11.9. The molecule has 1 aliphatic carbocycles. The minimum absolute atomic E-state index is 0.116. The summed E-state index contributed by atoms with van der Waals surface area (Å²) >= 11 is 3.56. The summed E-state index contributed by atoms with van der Waals surface area (Å²) < 4.78 is 13.7. The van der Waals surface area contributed by atoms with Crippen molar-refractivity contribution in [3.05, 3.63) is 30.1 Å². The van der Waals surface area contributed by atoms with Gasteiger partial charge in [0.25, 0.3) is 0 Å². The maximum Gasteiger partial charge on any atom is 0.146 e. The topological polar surface area (TPSA) is 3.24 Å². The Balaban J connectivity index is 2.14. The van der Waals surface area contributed by atoms with Crippen LogP contribution in [0.1, 0.15) is 19.8 Å². The number of alkyl halides is 1. The van der Waals surface area contributed by atoms with E-state index in [9.17, 15) is 4.39 Å². The van der Waals surface area contributed by atoms with Gasteiger partial charge in [-0.05, 0) is 37.3 Å². The van der Waals surface area contributed by atoms with Crippen LogP contribution < -0.4 is 4.90 Å². The summed E-state index contributed by atoms with van der Waals surface area (Å²) in [5, 5.41) is 1.02. The molecule has 0 unspecified atom stereocenters. The molecule has 0 amide bonds. The maximum absolute atomic E-state index is 13.7. The van der Waals surface area contributed by atoms with Gasteiger partial charge in [-0.3, -0.25) is 0 Å². The number of halogens is 2. The molecule has 1 nitrogen and oxygen atoms in total. The summed E-state index contributed by atoms with van der Waals surface area (Å²) in [5.74, 6) is -0.116. The summed E-state index contributed by atoms with van der Waals surface area (Å²) in [4.78, 5) is 2.14. The van der Waals surface area contributed by atoms with Gasteiger partial charge in [-0.15, -0.1) is 0 Å². The van der Waals surface area contributed by atoms with E-state index in [2.05, 4.69) is 27.8 Å². The SMILES string of the molecule is CCN(CC1(CBr)CC1)c1ccccc1F. The zero-order valence-electron chi connectivity index (χ0n) is 9.55. The van der Waals surface area contributed by atoms with Crippen molar-refractivity contribution < 1.29 is 4.39 Å². The third-order valence-electron chi connectivity index (χ3n) is 3.34. The zero-order valence-corrected chi connectivity index (χ0v) is 11.1. The molecule has 1 aromatic carbocycles. The van der Waals surface area contributed by atoms with Gasteiger partial charge < -0.3 is 4.90 Å². The van der Waals surface area contributed by atoms with Gasteiger partial charge in [-0.1, -0.05) is 28.1 Å². The molecule has 3 heteroatoms. The second kappa shape index (κ2) is 4.74. The minimum Gasteiger partial charge on any atom is -0.369 e. The zero-order chi connectivity index (χ0) is 11.6. The van der Waals surface area contributed by atoms with Gasteiger partial charge in [-0.2, -0.15) is 0 Å². The lowest BCUT2D eigenvalue weighted by atomic mass is 10.1. The second-order valence-corrected chi connectivity index (χ2v) is 5.16. The van der Waals surface area contributed by atoms with E-state index >= 15 is 0 Å². The molecular weight excluding hydrogens is 269 g/mol. The maximum atomic E-state index is 13.7. The van der Waals surface area contributed by atoms with Gasteiger partial charge in [0.15, 0.2) is 0 Å². The molecule has 0 aromatic heterocycles. The van der Waals surface area contributed by atoms with Crippen LogP contribution in [0.15, 0.2) is 24.3 Å². The third kappa shape index (κ3) is 2.40. The molecule has 0 heterocycles. The van der Waals surface area contributed by atoms with E-state index in [1.54, 1.807) is 6.07 Å². The molecule has 88 valence electrons. The van der Waals surface area contributed by atoms with Gasteiger partial charge in [0.2, 0.25) is 0 Å². The van der Waals surface area contributed by atoms with Gasteiger partial charge >= 0.3 is 0 Å². The van der Waals surface area contributed by atoms with Gasteiger partial charge in [-0.25, -0.2) is 4.39 Å². The Labute approximate surface area is 105 Å². The molecule has 1 aliphatic rings. The number of rotatable bonds is 5. The van der Waals surface area contributed by atoms with Crippen molar-refractivity contribution in [2.75, 3.05) is 23.3 Å². The number of nitrogens with zero attached hydrogens (tertiary/aromatic N) is 1. The predicted octanol–water partition coefficient (Wildman–Crippen LogP) is 3.83. The summed E-state index contributed by atoms with van der Waals surface area (Å²) in [6, 6.07) is 7.04. The highest BCUT2D eigenvalue weighted by Crippen LogP contribution is 2.48. The van der Waals surface area contributed by atoms with Crippen LogP contribution in [0, 0.1) is 11.2 Å². The smallest absolute Gasteiger partial charge is 0.146 e. The van der Waals surface area contributed by atoms with E-state index in [-0.39, 0.29) is 5.82 Å². The molecular formula is C13H17BrFN. The van der Waals surface area contributed by atoms with Crippen molar-refractivity contribution in [2.24, 2.45) is 5.41 Å². The third-order valence-corrected chi connectivity index (χ3v) is 4.53. The Morgan fingerprint density at radius 3 is 2.56 bits per heavy atom. The van der Waals surface area contributed by atoms with E-state index in [0.717, 1.165) is 24.1 Å². The van der Waals surface area contributed by atoms with Crippen molar-refractivity contribution in [3.63, 3.8) is 0 Å². The molecule has 1 saturated carbocycles. The van der Waals surface area contributed by atoms with Crippen LogP contribution in [0.5, 0.6) is 0 Å². The van der Waals surface area contributed by atoms with Crippen molar-refractivity contribution >= 4 is 21.6 Å². The fraction of sp³-hybridized carbons (Fsp3) is 0.538. The highest BCUT2D eigenvalue weighted by Gasteiger charge is 2.42. The van der Waals surface area contributed by atoms with E-state index in [1.807, 2.05) is 12.1 Å². The lowest BCUT2D eigenvalue weighted by Gasteiger charge is -2.27. The number of anilines is 1. The fourth-order valence-electron chi connectivity index (χ4n) is 1.99. The first-order valence-electron chi connectivity index (χ1n) is 5.76. The van der Waals surface area contributed by atoms with Crippen LogP contribution in [-0.2, 0) is 0 Å². The van der Waals surface area contributed by atoms with E-state index in [4.69, 9.17) is 0 Å². The molecule has 0 saturated heterocycles. The van der Waals surface area contributed by atoms with E-state index in [1.165, 1.54) is 18.9 Å². The first-order valence-corrected chi connectivity index (χ1v) is 6.88. The normalized spacial score (nSPS) is 17.2. The van der Waals surface area contributed by atoms with Crippen LogP contribution in [-0.4, -0.2) is 18.4 Å². The molecule has 0 N–H and O–H groups in total. The van der Waals surface area contributed by atoms with Crippen molar-refractivity contribution in [1.82, 2.24) is 0 Å². The molecule has 1 aromatic rings. The van der Waals surface area contributed by atoms with Crippen molar-refractivity contribution in [3.8, 4) is 0 Å². The highest BCUT2D eigenvalue weighted by molar-refractivity contribution is 9.09. The number of benzene rings is 1. The molecule has 0 radical (unpaired) electrons. The minimum atomic E-state index is -0.116. The Morgan fingerprint density at radius 1 is 1.38 bits per heavy atom. The Bertz CT molecular complexity index is 363.